The van der Waals surface area contributed by atoms with Crippen LogP contribution in [-0.4, -0.2) is 18.8 Å². The van der Waals surface area contributed by atoms with Crippen LogP contribution in [0, 0.1) is 5.82 Å². The van der Waals surface area contributed by atoms with Crippen molar-refractivity contribution in [2.45, 2.75) is 25.5 Å². The van der Waals surface area contributed by atoms with E-state index < -0.39 is 0 Å². The highest BCUT2D eigenvalue weighted by Gasteiger charge is 2.32. The molecule has 1 aliphatic heterocycles. The van der Waals surface area contributed by atoms with E-state index >= 15 is 0 Å². The Bertz CT molecular complexity index is 2100. The lowest BCUT2D eigenvalue weighted by molar-refractivity contribution is 0.279. The Hall–Kier alpha value is -4.95. The van der Waals surface area contributed by atoms with Crippen LogP contribution in [-0.2, 0) is 13.0 Å². The molecule has 0 radical (unpaired) electrons. The summed E-state index contributed by atoms with van der Waals surface area (Å²) >= 11 is 1.38. The molecule has 0 bridgehead atoms. The fraction of sp³-hybridized carbons (Fsp3) is 0.167. The first-order valence-corrected chi connectivity index (χ1v) is 15.2. The number of benzene rings is 4. The summed E-state index contributed by atoms with van der Waals surface area (Å²) in [6.07, 6.45) is 3.57. The van der Waals surface area contributed by atoms with Gasteiger partial charge in [0.05, 0.1) is 30.5 Å². The zero-order valence-corrected chi connectivity index (χ0v) is 25.1. The molecule has 4 aromatic carbocycles. The summed E-state index contributed by atoms with van der Waals surface area (Å²) in [6, 6.07) is 28.0. The minimum absolute atomic E-state index is 0.0696. The molecule has 0 saturated carbocycles. The van der Waals surface area contributed by atoms with Gasteiger partial charge in [-0.2, -0.15) is 0 Å². The van der Waals surface area contributed by atoms with E-state index in [0.29, 0.717) is 26.4 Å². The first kappa shape index (κ1) is 27.9. The van der Waals surface area contributed by atoms with E-state index in [1.54, 1.807) is 38.5 Å². The van der Waals surface area contributed by atoms with Crippen molar-refractivity contribution in [1.82, 2.24) is 4.57 Å². The molecule has 5 aromatic rings. The molecule has 7 rings (SSSR count). The number of hydrogen-bond acceptors (Lipinski definition) is 6. The first-order chi connectivity index (χ1) is 21.5. The summed E-state index contributed by atoms with van der Waals surface area (Å²) in [4.78, 5) is 19.9. The Morgan fingerprint density at radius 1 is 0.932 bits per heavy atom. The third kappa shape index (κ3) is 5.01. The molecule has 1 atom stereocenters. The van der Waals surface area contributed by atoms with Crippen LogP contribution in [0.4, 0.5) is 4.39 Å². The van der Waals surface area contributed by atoms with Crippen LogP contribution < -0.4 is 29.1 Å². The van der Waals surface area contributed by atoms with Crippen molar-refractivity contribution in [3.63, 3.8) is 0 Å². The monoisotopic (exact) mass is 604 g/mol. The van der Waals surface area contributed by atoms with E-state index in [9.17, 15) is 9.18 Å². The Kier molecular flexibility index (Phi) is 7.36. The van der Waals surface area contributed by atoms with Gasteiger partial charge in [-0.15, -0.1) is 0 Å². The van der Waals surface area contributed by atoms with Crippen LogP contribution in [0.5, 0.6) is 17.2 Å². The number of allylic oxidation sites excluding steroid dienone is 1. The van der Waals surface area contributed by atoms with Crippen LogP contribution in [0.15, 0.2) is 106 Å². The average molecular weight is 605 g/mol. The highest BCUT2D eigenvalue weighted by Crippen LogP contribution is 2.41. The number of aromatic nitrogens is 1. The molecule has 0 saturated heterocycles. The van der Waals surface area contributed by atoms with Crippen LogP contribution in [0.1, 0.15) is 40.3 Å². The molecule has 2 heterocycles. The Labute approximate surface area is 257 Å². The number of hydrogen-bond donors (Lipinski definition) is 0. The number of halogens is 1. The minimum atomic E-state index is -0.323. The van der Waals surface area contributed by atoms with E-state index in [-0.39, 0.29) is 24.0 Å². The van der Waals surface area contributed by atoms with E-state index in [1.165, 1.54) is 23.0 Å². The average Bonchev–Trinajstić information content (AvgIpc) is 3.37. The molecule has 6 nitrogen and oxygen atoms in total. The largest absolute Gasteiger partial charge is 0.497 e. The Balaban J connectivity index is 1.31. The number of fused-ring (bicyclic) bond motifs is 3. The minimum Gasteiger partial charge on any atom is -0.497 e. The highest BCUT2D eigenvalue weighted by atomic mass is 32.1. The Morgan fingerprint density at radius 2 is 1.73 bits per heavy atom. The summed E-state index contributed by atoms with van der Waals surface area (Å²) in [5.74, 6) is 1.42. The second-order valence-corrected chi connectivity index (χ2v) is 11.7. The maximum atomic E-state index is 14.1. The summed E-state index contributed by atoms with van der Waals surface area (Å²) < 4.78 is 33.4. The van der Waals surface area contributed by atoms with E-state index in [4.69, 9.17) is 19.2 Å². The van der Waals surface area contributed by atoms with E-state index in [0.717, 1.165) is 46.6 Å². The van der Waals surface area contributed by atoms with Gasteiger partial charge in [0.25, 0.3) is 5.56 Å². The second kappa shape index (κ2) is 11.6. The predicted octanol–water partition coefficient (Wildman–Crippen LogP) is 6.05. The quantitative estimate of drug-likeness (QED) is 0.227. The second-order valence-electron chi connectivity index (χ2n) is 10.7. The molecule has 0 spiro atoms. The fourth-order valence-electron chi connectivity index (χ4n) is 5.92. The van der Waals surface area contributed by atoms with Gasteiger partial charge in [-0.25, -0.2) is 9.38 Å². The van der Waals surface area contributed by atoms with Gasteiger partial charge < -0.3 is 14.2 Å². The molecule has 1 aliphatic carbocycles. The van der Waals surface area contributed by atoms with Gasteiger partial charge in [-0.3, -0.25) is 9.36 Å². The third-order valence-electron chi connectivity index (χ3n) is 8.13. The number of ether oxygens (including phenoxy) is 3. The highest BCUT2D eigenvalue weighted by molar-refractivity contribution is 7.07. The lowest BCUT2D eigenvalue weighted by Crippen LogP contribution is -2.38. The molecule has 8 heteroatoms. The number of aryl methyl sites for hydroxylation is 1. The van der Waals surface area contributed by atoms with E-state index in [2.05, 4.69) is 18.2 Å². The standard InChI is InChI=1S/C36H29FN2O4S/c1-41-26-15-12-24(13-16-26)34-28-17-14-23-7-3-5-9-27(23)33(28)38-36-39(34)35(40)32(44-36)20-22-11-18-30(31(19-22)42-2)43-21-25-8-4-6-10-29(25)37/h3-13,15-16,18-20,34H,14,17,21H2,1-2H3/b32-20-/t34-/m1/s1. The van der Waals surface area contributed by atoms with Crippen molar-refractivity contribution >= 4 is 23.1 Å². The summed E-state index contributed by atoms with van der Waals surface area (Å²) in [7, 11) is 3.20. The number of thiazole rings is 1. The van der Waals surface area contributed by atoms with Crippen molar-refractivity contribution in [3.05, 3.63) is 150 Å². The predicted molar refractivity (Wildman–Crippen MR) is 169 cm³/mol. The lowest BCUT2D eigenvalue weighted by Gasteiger charge is -2.30. The molecule has 2 aliphatic rings. The first-order valence-electron chi connectivity index (χ1n) is 14.4. The van der Waals surface area contributed by atoms with Gasteiger partial charge in [0.15, 0.2) is 16.3 Å². The van der Waals surface area contributed by atoms with Crippen molar-refractivity contribution in [3.8, 4) is 17.2 Å². The summed E-state index contributed by atoms with van der Waals surface area (Å²) in [5, 5.41) is 0. The van der Waals surface area contributed by atoms with Crippen LogP contribution in [0.2, 0.25) is 0 Å². The topological polar surface area (TPSA) is 62.0 Å². The molecular formula is C36H29FN2O4S. The van der Waals surface area contributed by atoms with Gasteiger partial charge >= 0.3 is 0 Å². The summed E-state index contributed by atoms with van der Waals surface area (Å²) in [5.41, 5.74) is 6.64. The zero-order valence-electron chi connectivity index (χ0n) is 24.2. The van der Waals surface area contributed by atoms with Crippen molar-refractivity contribution < 1.29 is 18.6 Å². The molecule has 220 valence electrons. The SMILES string of the molecule is COc1ccc([C@@H]2C3=C(N=c4s/c(=C\c5ccc(OCc6ccccc6F)c(OC)c5)c(=O)n42)c2ccccc2CC3)cc1. The smallest absolute Gasteiger partial charge is 0.271 e. The molecule has 0 fully saturated rings. The number of nitrogens with zero attached hydrogens (tertiary/aromatic N) is 2. The van der Waals surface area contributed by atoms with Crippen LogP contribution in [0.3, 0.4) is 0 Å². The lowest BCUT2D eigenvalue weighted by atomic mass is 9.83. The van der Waals surface area contributed by atoms with Crippen molar-refractivity contribution in [2.24, 2.45) is 4.99 Å². The molecular weight excluding hydrogens is 575 g/mol. The molecule has 0 amide bonds. The van der Waals surface area contributed by atoms with Crippen LogP contribution >= 0.6 is 11.3 Å². The number of rotatable bonds is 7. The molecule has 44 heavy (non-hydrogen) atoms. The maximum Gasteiger partial charge on any atom is 0.271 e. The summed E-state index contributed by atoms with van der Waals surface area (Å²) in [6.45, 7) is 0.0696. The third-order valence-corrected chi connectivity index (χ3v) is 9.11. The van der Waals surface area contributed by atoms with Gasteiger partial charge in [-0.1, -0.05) is 72.0 Å². The van der Waals surface area contributed by atoms with Crippen molar-refractivity contribution in [2.75, 3.05) is 14.2 Å². The fourth-order valence-corrected chi connectivity index (χ4v) is 6.93. The Morgan fingerprint density at radius 3 is 2.52 bits per heavy atom. The van der Waals surface area contributed by atoms with Crippen LogP contribution in [0.25, 0.3) is 11.8 Å². The zero-order chi connectivity index (χ0) is 30.2. The maximum absolute atomic E-state index is 14.1. The molecule has 0 N–H and O–H groups in total. The molecule has 1 aromatic heterocycles. The van der Waals surface area contributed by atoms with E-state index in [1.807, 2.05) is 53.1 Å². The molecule has 0 unspecified atom stereocenters. The van der Waals surface area contributed by atoms with Gasteiger partial charge in [0.1, 0.15) is 18.2 Å². The van der Waals surface area contributed by atoms with Gasteiger partial charge in [0, 0.05) is 11.1 Å². The number of methoxy groups -OCH3 is 2. The van der Waals surface area contributed by atoms with Gasteiger partial charge in [0.2, 0.25) is 0 Å². The normalized spacial score (nSPS) is 15.6. The van der Waals surface area contributed by atoms with Crippen molar-refractivity contribution in [1.29, 1.82) is 0 Å². The van der Waals surface area contributed by atoms with Gasteiger partial charge in [-0.05, 0) is 71.5 Å².